The van der Waals surface area contributed by atoms with Gasteiger partial charge in [-0.3, -0.25) is 0 Å². The third-order valence-electron chi connectivity index (χ3n) is 2.50. The zero-order valence-corrected chi connectivity index (χ0v) is 8.57. The highest BCUT2D eigenvalue weighted by atomic mass is 16.5. The average molecular weight is 188 g/mol. The van der Waals surface area contributed by atoms with Crippen molar-refractivity contribution in [2.24, 2.45) is 0 Å². The molecule has 0 amide bonds. The Hall–Kier alpha value is -1.08. The molecule has 1 nitrogen and oxygen atoms in total. The molecule has 1 aromatic carbocycles. The van der Waals surface area contributed by atoms with E-state index in [4.69, 9.17) is 4.74 Å². The van der Waals surface area contributed by atoms with E-state index < -0.39 is 0 Å². The fraction of sp³-hybridized carbons (Fsp3) is 0.385. The predicted molar refractivity (Wildman–Crippen MR) is 59.2 cm³/mol. The molecule has 74 valence electrons. The first-order valence-electron chi connectivity index (χ1n) is 5.28. The molecule has 14 heavy (non-hydrogen) atoms. The molecule has 1 aromatic rings. The maximum atomic E-state index is 5.70. The Labute approximate surface area is 85.4 Å². The summed E-state index contributed by atoms with van der Waals surface area (Å²) in [6.45, 7) is 3.00. The van der Waals surface area contributed by atoms with Gasteiger partial charge >= 0.3 is 0 Å². The van der Waals surface area contributed by atoms with E-state index in [2.05, 4.69) is 43.3 Å². The van der Waals surface area contributed by atoms with E-state index in [9.17, 15) is 0 Å². The van der Waals surface area contributed by atoms with Crippen LogP contribution in [0.4, 0.5) is 0 Å². The van der Waals surface area contributed by atoms with Crippen LogP contribution in [0.25, 0.3) is 6.08 Å². The minimum absolute atomic E-state index is 0.282. The fourth-order valence-electron chi connectivity index (χ4n) is 1.76. The second-order valence-electron chi connectivity index (χ2n) is 3.67. The first-order valence-corrected chi connectivity index (χ1v) is 5.28. The number of hydrogen-bond donors (Lipinski definition) is 0. The normalized spacial score (nSPS) is 19.4. The summed E-state index contributed by atoms with van der Waals surface area (Å²) in [6.07, 6.45) is 6.72. The third kappa shape index (κ3) is 2.05. The van der Waals surface area contributed by atoms with Gasteiger partial charge in [0.15, 0.2) is 0 Å². The van der Waals surface area contributed by atoms with Gasteiger partial charge in [0.05, 0.1) is 6.10 Å². The molecule has 1 unspecified atom stereocenters. The molecule has 0 N–H and O–H groups in total. The second-order valence-corrected chi connectivity index (χ2v) is 3.67. The Balaban J connectivity index is 2.06. The quantitative estimate of drug-likeness (QED) is 0.708. The number of fused-ring (bicyclic) bond motifs is 1. The first kappa shape index (κ1) is 9.47. The van der Waals surface area contributed by atoms with Crippen LogP contribution in [0.5, 0.6) is 0 Å². The van der Waals surface area contributed by atoms with Crippen molar-refractivity contribution in [2.45, 2.75) is 25.9 Å². The van der Waals surface area contributed by atoms with E-state index >= 15 is 0 Å². The van der Waals surface area contributed by atoms with Gasteiger partial charge in [0.25, 0.3) is 0 Å². The molecule has 0 bridgehead atoms. The Morgan fingerprint density at radius 3 is 3.07 bits per heavy atom. The predicted octanol–water partition coefficient (Wildman–Crippen LogP) is 3.05. The number of benzene rings is 1. The van der Waals surface area contributed by atoms with Crippen LogP contribution in [0.3, 0.4) is 0 Å². The molecular formula is C13H16O. The molecule has 0 aliphatic heterocycles. The fourth-order valence-corrected chi connectivity index (χ4v) is 1.76. The largest absolute Gasteiger partial charge is 0.374 e. The van der Waals surface area contributed by atoms with Crippen molar-refractivity contribution in [1.29, 1.82) is 0 Å². The summed E-state index contributed by atoms with van der Waals surface area (Å²) in [5.74, 6) is 0. The third-order valence-corrected chi connectivity index (χ3v) is 2.50. The van der Waals surface area contributed by atoms with E-state index in [0.29, 0.717) is 0 Å². The summed E-state index contributed by atoms with van der Waals surface area (Å²) in [4.78, 5) is 0. The number of hydrogen-bond acceptors (Lipinski definition) is 1. The molecule has 1 aliphatic carbocycles. The molecule has 0 saturated heterocycles. The van der Waals surface area contributed by atoms with Crippen LogP contribution in [-0.4, -0.2) is 12.7 Å². The molecule has 2 rings (SSSR count). The molecule has 0 radical (unpaired) electrons. The van der Waals surface area contributed by atoms with Crippen molar-refractivity contribution in [3.05, 3.63) is 41.5 Å². The Kier molecular flexibility index (Phi) is 3.00. The summed E-state index contributed by atoms with van der Waals surface area (Å²) in [7, 11) is 0. The van der Waals surface area contributed by atoms with Gasteiger partial charge in [-0.15, -0.1) is 0 Å². The van der Waals surface area contributed by atoms with Crippen LogP contribution in [0.15, 0.2) is 30.3 Å². The number of ether oxygens (including phenoxy) is 1. The topological polar surface area (TPSA) is 9.23 Å². The Morgan fingerprint density at radius 1 is 1.36 bits per heavy atom. The maximum absolute atomic E-state index is 5.70. The molecule has 1 atom stereocenters. The van der Waals surface area contributed by atoms with Crippen LogP contribution in [0, 0.1) is 0 Å². The molecular weight excluding hydrogens is 172 g/mol. The lowest BCUT2D eigenvalue weighted by Gasteiger charge is -2.19. The monoisotopic (exact) mass is 188 g/mol. The molecule has 0 saturated carbocycles. The van der Waals surface area contributed by atoms with Gasteiger partial charge < -0.3 is 4.74 Å². The average Bonchev–Trinajstić information content (AvgIpc) is 2.26. The Morgan fingerprint density at radius 2 is 2.21 bits per heavy atom. The lowest BCUT2D eigenvalue weighted by molar-refractivity contribution is 0.0857. The van der Waals surface area contributed by atoms with Gasteiger partial charge in [0, 0.05) is 13.0 Å². The van der Waals surface area contributed by atoms with Crippen LogP contribution < -0.4 is 0 Å². The van der Waals surface area contributed by atoms with Crippen LogP contribution in [0.1, 0.15) is 24.5 Å². The van der Waals surface area contributed by atoms with Gasteiger partial charge in [0.1, 0.15) is 0 Å². The van der Waals surface area contributed by atoms with Gasteiger partial charge in [0.2, 0.25) is 0 Å². The summed E-state index contributed by atoms with van der Waals surface area (Å²) < 4.78 is 5.70. The highest BCUT2D eigenvalue weighted by Crippen LogP contribution is 2.20. The van der Waals surface area contributed by atoms with E-state index in [1.54, 1.807) is 0 Å². The van der Waals surface area contributed by atoms with E-state index in [1.165, 1.54) is 11.1 Å². The van der Waals surface area contributed by atoms with Crippen LogP contribution in [-0.2, 0) is 11.2 Å². The molecule has 0 fully saturated rings. The minimum atomic E-state index is 0.282. The molecule has 0 heterocycles. The lowest BCUT2D eigenvalue weighted by Crippen LogP contribution is -2.17. The summed E-state index contributed by atoms with van der Waals surface area (Å²) in [6, 6.07) is 8.51. The molecule has 0 aromatic heterocycles. The van der Waals surface area contributed by atoms with E-state index in [0.717, 1.165) is 19.4 Å². The molecule has 1 aliphatic rings. The van der Waals surface area contributed by atoms with Crippen LogP contribution in [0.2, 0.25) is 0 Å². The van der Waals surface area contributed by atoms with Crippen molar-refractivity contribution in [3.8, 4) is 0 Å². The highest BCUT2D eigenvalue weighted by molar-refractivity contribution is 5.57. The zero-order valence-electron chi connectivity index (χ0n) is 8.57. The number of rotatable bonds is 3. The van der Waals surface area contributed by atoms with Gasteiger partial charge in [-0.25, -0.2) is 0 Å². The Bertz CT molecular complexity index is 328. The van der Waals surface area contributed by atoms with Crippen molar-refractivity contribution >= 4 is 6.08 Å². The van der Waals surface area contributed by atoms with E-state index in [-0.39, 0.29) is 6.10 Å². The standard InChI is InChI=1S/C13H16O/c1-2-9-14-13-8-7-11-5-3-4-6-12(11)10-13/h3-8,13H,2,9-10H2,1H3. The van der Waals surface area contributed by atoms with Gasteiger partial charge in [-0.05, 0) is 17.5 Å². The molecule has 0 spiro atoms. The van der Waals surface area contributed by atoms with Crippen molar-refractivity contribution in [3.63, 3.8) is 0 Å². The smallest absolute Gasteiger partial charge is 0.0799 e. The van der Waals surface area contributed by atoms with Gasteiger partial charge in [-0.2, -0.15) is 0 Å². The van der Waals surface area contributed by atoms with Crippen molar-refractivity contribution in [2.75, 3.05) is 6.61 Å². The first-order chi connectivity index (χ1) is 6.90. The lowest BCUT2D eigenvalue weighted by atomic mass is 9.96. The summed E-state index contributed by atoms with van der Waals surface area (Å²) >= 11 is 0. The van der Waals surface area contributed by atoms with Gasteiger partial charge in [-0.1, -0.05) is 43.3 Å². The summed E-state index contributed by atoms with van der Waals surface area (Å²) in [5, 5.41) is 0. The maximum Gasteiger partial charge on any atom is 0.0799 e. The summed E-state index contributed by atoms with van der Waals surface area (Å²) in [5.41, 5.74) is 2.74. The van der Waals surface area contributed by atoms with E-state index in [1.807, 2.05) is 0 Å². The zero-order chi connectivity index (χ0) is 9.80. The second kappa shape index (κ2) is 4.43. The highest BCUT2D eigenvalue weighted by Gasteiger charge is 2.12. The van der Waals surface area contributed by atoms with Crippen molar-refractivity contribution in [1.82, 2.24) is 0 Å². The minimum Gasteiger partial charge on any atom is -0.374 e. The van der Waals surface area contributed by atoms with Crippen LogP contribution >= 0.6 is 0 Å². The molecule has 1 heteroatoms. The van der Waals surface area contributed by atoms with Crippen molar-refractivity contribution < 1.29 is 4.74 Å². The SMILES string of the molecule is CCCOC1C=Cc2ccccc2C1.